The smallest absolute Gasteiger partial charge is 0.256 e. The van der Waals surface area contributed by atoms with E-state index in [-0.39, 0.29) is 11.8 Å². The van der Waals surface area contributed by atoms with Crippen molar-refractivity contribution in [1.29, 1.82) is 0 Å². The van der Waals surface area contributed by atoms with Gasteiger partial charge in [0.1, 0.15) is 0 Å². The normalized spacial score (nSPS) is 18.0. The molecule has 0 aliphatic carbocycles. The molecule has 1 fully saturated rings. The standard InChI is InChI=1S/C23H28N4O2/c1-15-12-16(2)24-21(15)14-19-18-13-17(6-7-20(18)26-23(19)29)25-22(28)8-11-27-9-4-3-5-10-27/h6-7,12-14,24H,3-5,8-11H2,1-2H3,(H,25,28)(H,26,29)/b19-14-. The van der Waals surface area contributed by atoms with Crippen LogP contribution in [0, 0.1) is 13.8 Å². The monoisotopic (exact) mass is 392 g/mol. The van der Waals surface area contributed by atoms with Crippen molar-refractivity contribution in [2.24, 2.45) is 0 Å². The highest BCUT2D eigenvalue weighted by atomic mass is 16.2. The second-order valence-electron chi connectivity index (χ2n) is 8.02. The number of likely N-dealkylation sites (tertiary alicyclic amines) is 1. The van der Waals surface area contributed by atoms with Crippen LogP contribution in [0.4, 0.5) is 11.4 Å². The first-order valence-electron chi connectivity index (χ1n) is 10.4. The number of hydrogen-bond donors (Lipinski definition) is 3. The number of nitrogens with zero attached hydrogens (tertiary/aromatic N) is 1. The minimum Gasteiger partial charge on any atom is -0.359 e. The van der Waals surface area contributed by atoms with Crippen LogP contribution < -0.4 is 10.6 Å². The Morgan fingerprint density at radius 1 is 1.17 bits per heavy atom. The summed E-state index contributed by atoms with van der Waals surface area (Å²) in [5.41, 5.74) is 5.99. The molecule has 0 saturated carbocycles. The molecule has 0 radical (unpaired) electrons. The van der Waals surface area contributed by atoms with Gasteiger partial charge in [0.05, 0.1) is 5.57 Å². The minimum atomic E-state index is -0.125. The number of carbonyl (C=O) groups is 2. The van der Waals surface area contributed by atoms with Crippen molar-refractivity contribution in [3.8, 4) is 0 Å². The zero-order valence-corrected chi connectivity index (χ0v) is 17.1. The first-order valence-corrected chi connectivity index (χ1v) is 10.4. The maximum atomic E-state index is 12.5. The van der Waals surface area contributed by atoms with Crippen LogP contribution in [0.3, 0.4) is 0 Å². The molecule has 3 N–H and O–H groups in total. The van der Waals surface area contributed by atoms with Crippen LogP contribution in [0.5, 0.6) is 0 Å². The van der Waals surface area contributed by atoms with E-state index < -0.39 is 0 Å². The van der Waals surface area contributed by atoms with Crippen LogP contribution in [0.25, 0.3) is 11.6 Å². The molecule has 6 heteroatoms. The van der Waals surface area contributed by atoms with Crippen molar-refractivity contribution in [2.75, 3.05) is 30.3 Å². The largest absolute Gasteiger partial charge is 0.359 e. The van der Waals surface area contributed by atoms with Crippen molar-refractivity contribution >= 4 is 34.8 Å². The Bertz CT molecular complexity index is 967. The maximum absolute atomic E-state index is 12.5. The quantitative estimate of drug-likeness (QED) is 0.675. The molecule has 0 spiro atoms. The summed E-state index contributed by atoms with van der Waals surface area (Å²) in [4.78, 5) is 30.5. The van der Waals surface area contributed by atoms with E-state index in [9.17, 15) is 9.59 Å². The fourth-order valence-corrected chi connectivity index (χ4v) is 4.12. The highest BCUT2D eigenvalue weighted by Crippen LogP contribution is 2.35. The van der Waals surface area contributed by atoms with Gasteiger partial charge in [-0.2, -0.15) is 0 Å². The van der Waals surface area contributed by atoms with Gasteiger partial charge >= 0.3 is 0 Å². The first kappa shape index (κ1) is 19.5. The van der Waals surface area contributed by atoms with E-state index >= 15 is 0 Å². The SMILES string of the molecule is Cc1cc(C)c(/C=C2\C(=O)Nc3ccc(NC(=O)CCN4CCCCC4)cc32)[nH]1. The predicted octanol–water partition coefficient (Wildman–Crippen LogP) is 3.94. The lowest BCUT2D eigenvalue weighted by atomic mass is 10.0. The van der Waals surface area contributed by atoms with Crippen LogP contribution in [0.1, 0.15) is 48.2 Å². The molecule has 2 aromatic rings. The number of nitrogens with one attached hydrogen (secondary N) is 3. The molecule has 2 amide bonds. The number of hydrogen-bond acceptors (Lipinski definition) is 3. The molecule has 152 valence electrons. The van der Waals surface area contributed by atoms with Crippen molar-refractivity contribution in [2.45, 2.75) is 39.5 Å². The lowest BCUT2D eigenvalue weighted by Gasteiger charge is -2.25. The Morgan fingerprint density at radius 2 is 1.97 bits per heavy atom. The summed E-state index contributed by atoms with van der Waals surface area (Å²) in [7, 11) is 0. The summed E-state index contributed by atoms with van der Waals surface area (Å²) < 4.78 is 0. The van der Waals surface area contributed by atoms with Gasteiger partial charge in [-0.15, -0.1) is 0 Å². The zero-order chi connectivity index (χ0) is 20.4. The lowest BCUT2D eigenvalue weighted by Crippen LogP contribution is -2.32. The van der Waals surface area contributed by atoms with Crippen molar-refractivity contribution in [1.82, 2.24) is 9.88 Å². The zero-order valence-electron chi connectivity index (χ0n) is 17.1. The summed E-state index contributed by atoms with van der Waals surface area (Å²) in [5, 5.41) is 5.89. The van der Waals surface area contributed by atoms with Gasteiger partial charge < -0.3 is 20.5 Å². The number of aromatic amines is 1. The van der Waals surface area contributed by atoms with Crippen molar-refractivity contribution < 1.29 is 9.59 Å². The summed E-state index contributed by atoms with van der Waals surface area (Å²) >= 11 is 0. The molecule has 0 bridgehead atoms. The third-order valence-corrected chi connectivity index (χ3v) is 5.67. The third-order valence-electron chi connectivity index (χ3n) is 5.67. The number of H-pyrrole nitrogens is 1. The Hall–Kier alpha value is -2.86. The minimum absolute atomic E-state index is 0.00849. The van der Waals surface area contributed by atoms with E-state index in [1.54, 1.807) is 0 Å². The van der Waals surface area contributed by atoms with Gasteiger partial charge in [-0.25, -0.2) is 0 Å². The summed E-state index contributed by atoms with van der Waals surface area (Å²) in [6, 6.07) is 7.62. The number of anilines is 2. The van der Waals surface area contributed by atoms with Crippen LogP contribution in [-0.2, 0) is 9.59 Å². The molecule has 1 aromatic carbocycles. The van der Waals surface area contributed by atoms with Crippen LogP contribution in [-0.4, -0.2) is 41.3 Å². The number of fused-ring (bicyclic) bond motifs is 1. The van der Waals surface area contributed by atoms with Crippen LogP contribution >= 0.6 is 0 Å². The highest BCUT2D eigenvalue weighted by Gasteiger charge is 2.25. The van der Waals surface area contributed by atoms with E-state index in [1.807, 2.05) is 38.1 Å². The van der Waals surface area contributed by atoms with E-state index in [4.69, 9.17) is 0 Å². The van der Waals surface area contributed by atoms with Gasteiger partial charge in [0.15, 0.2) is 0 Å². The predicted molar refractivity (Wildman–Crippen MR) is 117 cm³/mol. The molecule has 0 atom stereocenters. The number of rotatable bonds is 5. The molecule has 4 rings (SSSR count). The molecular formula is C23H28N4O2. The molecule has 2 aliphatic rings. The fourth-order valence-electron chi connectivity index (χ4n) is 4.12. The molecule has 3 heterocycles. The molecular weight excluding hydrogens is 364 g/mol. The average Bonchev–Trinajstić information content (AvgIpc) is 3.19. The van der Waals surface area contributed by atoms with E-state index in [0.29, 0.717) is 17.7 Å². The fraction of sp³-hybridized carbons (Fsp3) is 0.391. The number of piperidine rings is 1. The molecule has 1 saturated heterocycles. The van der Waals surface area contributed by atoms with Gasteiger partial charge in [0.2, 0.25) is 5.91 Å². The molecule has 6 nitrogen and oxygen atoms in total. The number of aromatic nitrogens is 1. The number of amides is 2. The van der Waals surface area contributed by atoms with E-state index in [0.717, 1.165) is 47.8 Å². The van der Waals surface area contributed by atoms with Crippen molar-refractivity contribution in [3.63, 3.8) is 0 Å². The topological polar surface area (TPSA) is 77.2 Å². The van der Waals surface area contributed by atoms with E-state index in [1.165, 1.54) is 19.3 Å². The highest BCUT2D eigenvalue weighted by molar-refractivity contribution is 6.35. The molecule has 29 heavy (non-hydrogen) atoms. The number of benzene rings is 1. The third kappa shape index (κ3) is 4.43. The Labute approximate surface area is 171 Å². The van der Waals surface area contributed by atoms with Gasteiger partial charge in [-0.3, -0.25) is 9.59 Å². The Balaban J connectivity index is 1.47. The number of carbonyl (C=O) groups excluding carboxylic acids is 2. The Morgan fingerprint density at radius 3 is 2.69 bits per heavy atom. The summed E-state index contributed by atoms with van der Waals surface area (Å²) in [6.07, 6.45) is 6.11. The summed E-state index contributed by atoms with van der Waals surface area (Å²) in [6.45, 7) is 6.99. The number of aryl methyl sites for hydroxylation is 2. The second kappa shape index (κ2) is 8.25. The van der Waals surface area contributed by atoms with Gasteiger partial charge in [-0.05, 0) is 75.7 Å². The molecule has 2 aliphatic heterocycles. The van der Waals surface area contributed by atoms with E-state index in [2.05, 4.69) is 26.6 Å². The van der Waals surface area contributed by atoms with Gasteiger partial charge in [-0.1, -0.05) is 6.42 Å². The van der Waals surface area contributed by atoms with Gasteiger partial charge in [0, 0.05) is 41.3 Å². The van der Waals surface area contributed by atoms with Gasteiger partial charge in [0.25, 0.3) is 5.91 Å². The molecule has 0 unspecified atom stereocenters. The van der Waals surface area contributed by atoms with Crippen LogP contribution in [0.15, 0.2) is 24.3 Å². The second-order valence-corrected chi connectivity index (χ2v) is 8.02. The summed E-state index contributed by atoms with van der Waals surface area (Å²) in [5.74, 6) is -0.116. The Kier molecular flexibility index (Phi) is 5.53. The van der Waals surface area contributed by atoms with Crippen LogP contribution in [0.2, 0.25) is 0 Å². The average molecular weight is 393 g/mol. The lowest BCUT2D eigenvalue weighted by molar-refractivity contribution is -0.116. The van der Waals surface area contributed by atoms with Crippen molar-refractivity contribution in [3.05, 3.63) is 46.8 Å². The first-order chi connectivity index (χ1) is 14.0. The maximum Gasteiger partial charge on any atom is 0.256 e. The molecule has 1 aromatic heterocycles.